The average Bonchev–Trinajstić information content (AvgIpc) is 2.82. The minimum atomic E-state index is -0.121. The Morgan fingerprint density at radius 3 is 2.86 bits per heavy atom. The summed E-state index contributed by atoms with van der Waals surface area (Å²) in [7, 11) is 3.63. The van der Waals surface area contributed by atoms with Crippen LogP contribution >= 0.6 is 11.3 Å². The molecule has 1 aromatic heterocycles. The van der Waals surface area contributed by atoms with Gasteiger partial charge in [0, 0.05) is 41.7 Å². The van der Waals surface area contributed by atoms with Crippen LogP contribution in [0.25, 0.3) is 10.1 Å². The lowest BCUT2D eigenvalue weighted by Gasteiger charge is -2.20. The molecule has 1 heterocycles. The van der Waals surface area contributed by atoms with Gasteiger partial charge in [0.2, 0.25) is 0 Å². The summed E-state index contributed by atoms with van der Waals surface area (Å²) in [5, 5.41) is 3.97. The maximum Gasteiger partial charge on any atom is 0.132 e. The first-order valence-corrected chi connectivity index (χ1v) is 8.07. The average molecular weight is 310 g/mol. The number of hydrogen-bond acceptors (Lipinski definition) is 4. The van der Waals surface area contributed by atoms with Crippen LogP contribution < -0.4 is 5.32 Å². The molecule has 0 unspecified atom stereocenters. The normalized spacial score (nSPS) is 11.7. The molecule has 0 saturated heterocycles. The van der Waals surface area contributed by atoms with Crippen molar-refractivity contribution in [3.63, 3.8) is 0 Å². The van der Waals surface area contributed by atoms with E-state index < -0.39 is 0 Å². The van der Waals surface area contributed by atoms with E-state index in [1.165, 1.54) is 4.88 Å². The quantitative estimate of drug-likeness (QED) is 0.810. The topological polar surface area (TPSA) is 24.5 Å². The van der Waals surface area contributed by atoms with E-state index in [-0.39, 0.29) is 5.82 Å². The molecule has 116 valence electrons. The number of benzene rings is 1. The first-order valence-electron chi connectivity index (χ1n) is 7.25. The van der Waals surface area contributed by atoms with Gasteiger partial charge in [-0.1, -0.05) is 13.0 Å². The van der Waals surface area contributed by atoms with E-state index >= 15 is 0 Å². The maximum atomic E-state index is 14.2. The van der Waals surface area contributed by atoms with Crippen molar-refractivity contribution in [2.24, 2.45) is 0 Å². The van der Waals surface area contributed by atoms with E-state index in [1.54, 1.807) is 30.6 Å². The van der Waals surface area contributed by atoms with Crippen LogP contribution in [-0.2, 0) is 17.8 Å². The highest BCUT2D eigenvalue weighted by atomic mass is 32.1. The van der Waals surface area contributed by atoms with Crippen LogP contribution in [0.4, 0.5) is 4.39 Å². The molecule has 0 spiro atoms. The molecule has 0 saturated carbocycles. The fourth-order valence-corrected chi connectivity index (χ4v) is 3.72. The molecule has 0 aliphatic carbocycles. The zero-order chi connectivity index (χ0) is 15.2. The minimum Gasteiger partial charge on any atom is -0.383 e. The van der Waals surface area contributed by atoms with Crippen molar-refractivity contribution in [1.29, 1.82) is 0 Å². The molecular weight excluding hydrogens is 287 g/mol. The van der Waals surface area contributed by atoms with E-state index in [4.69, 9.17) is 4.74 Å². The summed E-state index contributed by atoms with van der Waals surface area (Å²) in [5.74, 6) is -0.121. The van der Waals surface area contributed by atoms with Crippen LogP contribution in [0.5, 0.6) is 0 Å². The third kappa shape index (κ3) is 3.80. The second-order valence-electron chi connectivity index (χ2n) is 5.01. The van der Waals surface area contributed by atoms with Crippen molar-refractivity contribution in [2.75, 3.05) is 33.9 Å². The van der Waals surface area contributed by atoms with E-state index in [9.17, 15) is 4.39 Å². The number of nitrogens with zero attached hydrogens (tertiary/aromatic N) is 1. The molecule has 2 rings (SSSR count). The third-order valence-corrected chi connectivity index (χ3v) is 4.82. The first kappa shape index (κ1) is 16.4. The predicted octanol–water partition coefficient (Wildman–Crippen LogP) is 3.23. The summed E-state index contributed by atoms with van der Waals surface area (Å²) in [5.41, 5.74) is 1.11. The van der Waals surface area contributed by atoms with E-state index in [0.29, 0.717) is 6.61 Å². The molecule has 0 aliphatic rings. The number of fused-ring (bicyclic) bond motifs is 1. The number of rotatable bonds is 8. The Morgan fingerprint density at radius 1 is 1.38 bits per heavy atom. The van der Waals surface area contributed by atoms with Crippen LogP contribution in [0.3, 0.4) is 0 Å². The highest BCUT2D eigenvalue weighted by Gasteiger charge is 2.17. The van der Waals surface area contributed by atoms with Crippen molar-refractivity contribution in [3.8, 4) is 0 Å². The molecule has 5 heteroatoms. The lowest BCUT2D eigenvalue weighted by Crippen LogP contribution is -2.27. The molecular formula is C16H23FN2OS. The number of thiophene rings is 1. The largest absolute Gasteiger partial charge is 0.383 e. The molecule has 0 atom stereocenters. The molecule has 3 nitrogen and oxygen atoms in total. The molecule has 0 bridgehead atoms. The minimum absolute atomic E-state index is 0.121. The van der Waals surface area contributed by atoms with Gasteiger partial charge in [0.05, 0.1) is 6.61 Å². The van der Waals surface area contributed by atoms with Gasteiger partial charge in [0.25, 0.3) is 0 Å². The van der Waals surface area contributed by atoms with Gasteiger partial charge >= 0.3 is 0 Å². The lowest BCUT2D eigenvalue weighted by molar-refractivity contribution is 0.147. The van der Waals surface area contributed by atoms with Crippen molar-refractivity contribution in [2.45, 2.75) is 20.0 Å². The molecule has 21 heavy (non-hydrogen) atoms. The number of nitrogens with one attached hydrogen (secondary N) is 1. The molecule has 1 N–H and O–H groups in total. The summed E-state index contributed by atoms with van der Waals surface area (Å²) in [6.45, 7) is 6.14. The van der Waals surface area contributed by atoms with Crippen LogP contribution in [0, 0.1) is 5.82 Å². The van der Waals surface area contributed by atoms with Gasteiger partial charge in [0.1, 0.15) is 5.82 Å². The fourth-order valence-electron chi connectivity index (χ4n) is 2.48. The Morgan fingerprint density at radius 2 is 2.19 bits per heavy atom. The van der Waals surface area contributed by atoms with Gasteiger partial charge in [-0.3, -0.25) is 4.90 Å². The molecule has 1 aromatic carbocycles. The van der Waals surface area contributed by atoms with Crippen molar-refractivity contribution in [1.82, 2.24) is 10.2 Å². The second-order valence-corrected chi connectivity index (χ2v) is 6.15. The summed E-state index contributed by atoms with van der Waals surface area (Å²) in [4.78, 5) is 3.50. The van der Waals surface area contributed by atoms with Gasteiger partial charge in [-0.2, -0.15) is 0 Å². The van der Waals surface area contributed by atoms with E-state index in [0.717, 1.165) is 41.8 Å². The fraction of sp³-hybridized carbons (Fsp3) is 0.500. The summed E-state index contributed by atoms with van der Waals surface area (Å²) < 4.78 is 20.4. The smallest absolute Gasteiger partial charge is 0.132 e. The number of methoxy groups -OCH3 is 1. The predicted molar refractivity (Wildman–Crippen MR) is 87.4 cm³/mol. The van der Waals surface area contributed by atoms with Gasteiger partial charge in [-0.25, -0.2) is 4.39 Å². The zero-order valence-corrected chi connectivity index (χ0v) is 13.7. The van der Waals surface area contributed by atoms with Crippen LogP contribution in [0.2, 0.25) is 0 Å². The summed E-state index contributed by atoms with van der Waals surface area (Å²) in [6, 6.07) is 5.33. The van der Waals surface area contributed by atoms with Crippen molar-refractivity contribution < 1.29 is 9.13 Å². The second kappa shape index (κ2) is 7.84. The van der Waals surface area contributed by atoms with Crippen LogP contribution in [-0.4, -0.2) is 38.8 Å². The zero-order valence-electron chi connectivity index (χ0n) is 12.9. The highest BCUT2D eigenvalue weighted by Crippen LogP contribution is 2.34. The van der Waals surface area contributed by atoms with Gasteiger partial charge in [-0.05, 0) is 31.3 Å². The third-order valence-electron chi connectivity index (χ3n) is 3.62. The van der Waals surface area contributed by atoms with E-state index in [2.05, 4.69) is 17.1 Å². The van der Waals surface area contributed by atoms with Crippen LogP contribution in [0.15, 0.2) is 18.2 Å². The van der Waals surface area contributed by atoms with Crippen molar-refractivity contribution in [3.05, 3.63) is 34.5 Å². The highest BCUT2D eigenvalue weighted by molar-refractivity contribution is 7.19. The van der Waals surface area contributed by atoms with Gasteiger partial charge in [-0.15, -0.1) is 11.3 Å². The SMILES string of the molecule is CCN(CCOC)Cc1c(CNC)sc2cccc(F)c12. The Balaban J connectivity index is 2.37. The van der Waals surface area contributed by atoms with Gasteiger partial charge in [0.15, 0.2) is 0 Å². The summed E-state index contributed by atoms with van der Waals surface area (Å²) >= 11 is 1.68. The summed E-state index contributed by atoms with van der Waals surface area (Å²) in [6.07, 6.45) is 0. The molecule has 0 aliphatic heterocycles. The maximum absolute atomic E-state index is 14.2. The number of ether oxygens (including phenoxy) is 1. The molecule has 0 fully saturated rings. The molecule has 0 amide bonds. The Bertz CT molecular complexity index is 585. The molecule has 2 aromatic rings. The number of hydrogen-bond donors (Lipinski definition) is 1. The monoisotopic (exact) mass is 310 g/mol. The Labute approximate surface area is 129 Å². The van der Waals surface area contributed by atoms with Crippen molar-refractivity contribution >= 4 is 21.4 Å². The van der Waals surface area contributed by atoms with E-state index in [1.807, 2.05) is 13.1 Å². The Kier molecular flexibility index (Phi) is 6.11. The molecule has 0 radical (unpaired) electrons. The number of halogens is 1. The van der Waals surface area contributed by atoms with Gasteiger partial charge < -0.3 is 10.1 Å². The first-order chi connectivity index (χ1) is 10.2. The Hall–Kier alpha value is -1.01. The standard InChI is InChI=1S/C16H23FN2OS/c1-4-19(8-9-20-3)11-12-15(10-18-2)21-14-7-5-6-13(17)16(12)14/h5-7,18H,4,8-11H2,1-3H3. The van der Waals surface area contributed by atoms with Crippen LogP contribution in [0.1, 0.15) is 17.4 Å². The number of likely N-dealkylation sites (N-methyl/N-ethyl adjacent to an activating group) is 1. The lowest BCUT2D eigenvalue weighted by atomic mass is 10.1.